The highest BCUT2D eigenvalue weighted by molar-refractivity contribution is 5.95. The first-order chi connectivity index (χ1) is 12.5. The Balaban J connectivity index is 1.71. The predicted octanol–water partition coefficient (Wildman–Crippen LogP) is 3.30. The third-order valence-corrected chi connectivity index (χ3v) is 5.66. The fourth-order valence-corrected chi connectivity index (χ4v) is 3.94. The molecule has 0 bridgehead atoms. The van der Waals surface area contributed by atoms with E-state index in [-0.39, 0.29) is 11.9 Å². The summed E-state index contributed by atoms with van der Waals surface area (Å²) in [6, 6.07) is 16.4. The van der Waals surface area contributed by atoms with Crippen LogP contribution < -0.4 is 11.1 Å². The van der Waals surface area contributed by atoms with Crippen LogP contribution in [0.2, 0.25) is 0 Å². The Labute approximate surface area is 156 Å². The van der Waals surface area contributed by atoms with Gasteiger partial charge >= 0.3 is 0 Å². The summed E-state index contributed by atoms with van der Waals surface area (Å²) in [5.74, 6) is 0.816. The first kappa shape index (κ1) is 18.6. The molecule has 2 aromatic carbocycles. The molecule has 3 rings (SSSR count). The molecule has 0 spiro atoms. The lowest BCUT2D eigenvalue weighted by Crippen LogP contribution is -2.41. The minimum Gasteiger partial charge on any atom is -0.330 e. The monoisotopic (exact) mass is 351 g/mol. The van der Waals surface area contributed by atoms with Crippen molar-refractivity contribution in [3.05, 3.63) is 65.2 Å². The number of rotatable bonds is 5. The Bertz CT molecular complexity index is 739. The molecule has 3 atom stereocenters. The maximum Gasteiger partial charge on any atom is 0.241 e. The van der Waals surface area contributed by atoms with Gasteiger partial charge in [-0.2, -0.15) is 0 Å². The summed E-state index contributed by atoms with van der Waals surface area (Å²) in [7, 11) is 0. The van der Waals surface area contributed by atoms with Crippen LogP contribution >= 0.6 is 0 Å². The number of carbonyl (C=O) groups is 1. The van der Waals surface area contributed by atoms with Crippen LogP contribution in [-0.2, 0) is 4.79 Å². The summed E-state index contributed by atoms with van der Waals surface area (Å²) in [5.41, 5.74) is 10.5. The van der Waals surface area contributed by atoms with Gasteiger partial charge in [0.25, 0.3) is 0 Å². The second-order valence-corrected chi connectivity index (χ2v) is 7.40. The van der Waals surface area contributed by atoms with E-state index in [9.17, 15) is 4.79 Å². The molecule has 1 amide bonds. The van der Waals surface area contributed by atoms with Crippen LogP contribution in [0.5, 0.6) is 0 Å². The average molecular weight is 351 g/mol. The number of likely N-dealkylation sites (tertiary alicyclic amines) is 1. The van der Waals surface area contributed by atoms with E-state index in [1.165, 1.54) is 5.56 Å². The second kappa shape index (κ2) is 8.02. The molecular formula is C22H29N3O. The maximum absolute atomic E-state index is 12.9. The minimum atomic E-state index is -0.184. The van der Waals surface area contributed by atoms with Gasteiger partial charge in [-0.3, -0.25) is 9.69 Å². The van der Waals surface area contributed by atoms with E-state index in [2.05, 4.69) is 34.5 Å². The van der Waals surface area contributed by atoms with Crippen LogP contribution in [0.3, 0.4) is 0 Å². The molecule has 26 heavy (non-hydrogen) atoms. The summed E-state index contributed by atoms with van der Waals surface area (Å²) in [5, 5.41) is 3.13. The van der Waals surface area contributed by atoms with Gasteiger partial charge in [-0.15, -0.1) is 0 Å². The zero-order chi connectivity index (χ0) is 18.7. The Hall–Kier alpha value is -2.17. The number of carbonyl (C=O) groups excluding carboxylic acids is 1. The number of nitrogens with zero attached hydrogens (tertiary/aromatic N) is 1. The molecule has 4 nitrogen and oxygen atoms in total. The molecule has 1 fully saturated rings. The van der Waals surface area contributed by atoms with Crippen molar-refractivity contribution in [3.8, 4) is 0 Å². The van der Waals surface area contributed by atoms with Crippen molar-refractivity contribution in [2.75, 3.05) is 25.0 Å². The second-order valence-electron chi connectivity index (χ2n) is 7.40. The fraction of sp³-hybridized carbons (Fsp3) is 0.409. The van der Waals surface area contributed by atoms with Gasteiger partial charge in [0.05, 0.1) is 6.04 Å². The van der Waals surface area contributed by atoms with Gasteiger partial charge in [0.1, 0.15) is 0 Å². The zero-order valence-corrected chi connectivity index (χ0v) is 15.9. The van der Waals surface area contributed by atoms with Crippen molar-refractivity contribution in [3.63, 3.8) is 0 Å². The molecule has 0 aliphatic carbocycles. The van der Waals surface area contributed by atoms with Crippen LogP contribution in [0.25, 0.3) is 0 Å². The molecule has 1 heterocycles. The quantitative estimate of drug-likeness (QED) is 0.869. The highest BCUT2D eigenvalue weighted by Gasteiger charge is 2.36. The lowest BCUT2D eigenvalue weighted by molar-refractivity contribution is -0.120. The standard InChI is InChI=1S/C22H29N3O/c1-15-8-7-9-16(2)21(15)24-22(26)17(3)25-13-19(12-23)20(14-25)18-10-5-4-6-11-18/h4-11,17,19-20H,12-14,23H2,1-3H3,(H,24,26)/t17?,19-,20+/m1/s1. The van der Waals surface area contributed by atoms with Gasteiger partial charge in [-0.1, -0.05) is 48.5 Å². The largest absolute Gasteiger partial charge is 0.330 e. The number of para-hydroxylation sites is 1. The molecule has 1 unspecified atom stereocenters. The van der Waals surface area contributed by atoms with E-state index in [1.807, 2.05) is 45.0 Å². The Morgan fingerprint density at radius 1 is 1.12 bits per heavy atom. The van der Waals surface area contributed by atoms with Gasteiger partial charge in [-0.05, 0) is 49.9 Å². The highest BCUT2D eigenvalue weighted by Crippen LogP contribution is 2.33. The Morgan fingerprint density at radius 3 is 2.38 bits per heavy atom. The average Bonchev–Trinajstić information content (AvgIpc) is 3.09. The third kappa shape index (κ3) is 3.81. The number of anilines is 1. The molecule has 1 saturated heterocycles. The van der Waals surface area contributed by atoms with Gasteiger partial charge < -0.3 is 11.1 Å². The summed E-state index contributed by atoms with van der Waals surface area (Å²) >= 11 is 0. The van der Waals surface area contributed by atoms with Gasteiger partial charge in [0.2, 0.25) is 5.91 Å². The van der Waals surface area contributed by atoms with Gasteiger partial charge in [0.15, 0.2) is 0 Å². The normalized spacial score (nSPS) is 21.5. The lowest BCUT2D eigenvalue weighted by Gasteiger charge is -2.24. The smallest absolute Gasteiger partial charge is 0.241 e. The van der Waals surface area contributed by atoms with Crippen LogP contribution in [0.1, 0.15) is 29.5 Å². The summed E-state index contributed by atoms with van der Waals surface area (Å²) < 4.78 is 0. The van der Waals surface area contributed by atoms with Gasteiger partial charge in [0, 0.05) is 24.7 Å². The number of hydrogen-bond donors (Lipinski definition) is 2. The topological polar surface area (TPSA) is 58.4 Å². The van der Waals surface area contributed by atoms with Crippen LogP contribution in [0.4, 0.5) is 5.69 Å². The molecule has 2 aromatic rings. The fourth-order valence-electron chi connectivity index (χ4n) is 3.94. The van der Waals surface area contributed by atoms with Crippen molar-refractivity contribution in [1.82, 2.24) is 4.90 Å². The van der Waals surface area contributed by atoms with Crippen LogP contribution in [0, 0.1) is 19.8 Å². The van der Waals surface area contributed by atoms with E-state index < -0.39 is 0 Å². The molecule has 4 heteroatoms. The molecule has 1 aliphatic rings. The summed E-state index contributed by atoms with van der Waals surface area (Å²) in [4.78, 5) is 15.1. The first-order valence-corrected chi connectivity index (χ1v) is 9.37. The Kier molecular flexibility index (Phi) is 5.74. The van der Waals surface area contributed by atoms with Crippen molar-refractivity contribution in [2.45, 2.75) is 32.7 Å². The highest BCUT2D eigenvalue weighted by atomic mass is 16.2. The lowest BCUT2D eigenvalue weighted by atomic mass is 9.89. The number of hydrogen-bond acceptors (Lipinski definition) is 3. The number of nitrogens with one attached hydrogen (secondary N) is 1. The predicted molar refractivity (Wildman–Crippen MR) is 107 cm³/mol. The number of nitrogens with two attached hydrogens (primary N) is 1. The molecular weight excluding hydrogens is 322 g/mol. The van der Waals surface area contributed by atoms with Crippen molar-refractivity contribution >= 4 is 11.6 Å². The van der Waals surface area contributed by atoms with Crippen molar-refractivity contribution in [2.24, 2.45) is 11.7 Å². The van der Waals surface area contributed by atoms with Crippen molar-refractivity contribution in [1.29, 1.82) is 0 Å². The summed E-state index contributed by atoms with van der Waals surface area (Å²) in [6.07, 6.45) is 0. The van der Waals surface area contributed by atoms with Crippen LogP contribution in [0.15, 0.2) is 48.5 Å². The number of benzene rings is 2. The molecule has 0 aromatic heterocycles. The van der Waals surface area contributed by atoms with E-state index in [0.717, 1.165) is 29.9 Å². The zero-order valence-electron chi connectivity index (χ0n) is 15.9. The van der Waals surface area contributed by atoms with E-state index in [1.54, 1.807) is 0 Å². The van der Waals surface area contributed by atoms with Gasteiger partial charge in [-0.25, -0.2) is 0 Å². The molecule has 0 radical (unpaired) electrons. The number of amides is 1. The van der Waals surface area contributed by atoms with E-state index in [4.69, 9.17) is 5.73 Å². The SMILES string of the molecule is Cc1cccc(C)c1NC(=O)C(C)N1C[C@@H](CN)[C@H](c2ccccc2)C1. The molecule has 0 saturated carbocycles. The van der Waals surface area contributed by atoms with E-state index >= 15 is 0 Å². The third-order valence-electron chi connectivity index (χ3n) is 5.66. The summed E-state index contributed by atoms with van der Waals surface area (Å²) in [6.45, 7) is 8.41. The molecule has 3 N–H and O–H groups in total. The minimum absolute atomic E-state index is 0.0480. The molecule has 1 aliphatic heterocycles. The van der Waals surface area contributed by atoms with Crippen LogP contribution in [-0.4, -0.2) is 36.5 Å². The molecule has 138 valence electrons. The van der Waals surface area contributed by atoms with E-state index in [0.29, 0.717) is 18.4 Å². The van der Waals surface area contributed by atoms with Crippen molar-refractivity contribution < 1.29 is 4.79 Å². The Morgan fingerprint density at radius 2 is 1.77 bits per heavy atom. The first-order valence-electron chi connectivity index (χ1n) is 9.37. The number of aryl methyl sites for hydroxylation is 2. The maximum atomic E-state index is 12.9.